The lowest BCUT2D eigenvalue weighted by Gasteiger charge is -2.10. The number of para-hydroxylation sites is 1. The zero-order chi connectivity index (χ0) is 16.8. The minimum Gasteiger partial charge on any atom is -0.481 e. The van der Waals surface area contributed by atoms with Crippen LogP contribution >= 0.6 is 0 Å². The lowest BCUT2D eigenvalue weighted by Crippen LogP contribution is -2.23. The molecule has 5 heteroatoms. The zero-order valence-electron chi connectivity index (χ0n) is 13.5. The molecule has 5 nitrogen and oxygen atoms in total. The van der Waals surface area contributed by atoms with E-state index in [9.17, 15) is 4.79 Å². The van der Waals surface area contributed by atoms with E-state index in [1.807, 2.05) is 42.5 Å². The van der Waals surface area contributed by atoms with Crippen LogP contribution < -0.4 is 10.1 Å². The van der Waals surface area contributed by atoms with Gasteiger partial charge in [-0.1, -0.05) is 18.2 Å². The maximum atomic E-state index is 12.1. The van der Waals surface area contributed by atoms with E-state index in [2.05, 4.69) is 15.3 Å². The molecule has 2 heterocycles. The summed E-state index contributed by atoms with van der Waals surface area (Å²) in [5, 5.41) is 4.00. The second-order valence-corrected chi connectivity index (χ2v) is 5.47. The summed E-state index contributed by atoms with van der Waals surface area (Å²) in [4.78, 5) is 20.5. The maximum absolute atomic E-state index is 12.1. The number of ether oxygens (including phenoxy) is 1. The summed E-state index contributed by atoms with van der Waals surface area (Å²) in [5.41, 5.74) is 2.96. The topological polar surface area (TPSA) is 64.1 Å². The van der Waals surface area contributed by atoms with Crippen molar-refractivity contribution in [2.75, 3.05) is 7.11 Å². The Bertz CT molecular complexity index is 834. The predicted molar refractivity (Wildman–Crippen MR) is 92.7 cm³/mol. The van der Waals surface area contributed by atoms with Crippen LogP contribution in [0.3, 0.4) is 0 Å². The van der Waals surface area contributed by atoms with Crippen LogP contribution in [0.25, 0.3) is 10.9 Å². The molecule has 24 heavy (non-hydrogen) atoms. The minimum atomic E-state index is 0.0201. The van der Waals surface area contributed by atoms with Gasteiger partial charge in [-0.2, -0.15) is 0 Å². The first-order chi connectivity index (χ1) is 11.8. The third-order valence-electron chi connectivity index (χ3n) is 3.85. The lowest BCUT2D eigenvalue weighted by molar-refractivity contribution is -0.121. The van der Waals surface area contributed by atoms with Gasteiger partial charge >= 0.3 is 0 Å². The summed E-state index contributed by atoms with van der Waals surface area (Å²) in [6.07, 6.45) is 4.63. The number of hydrogen-bond donors (Lipinski definition) is 1. The van der Waals surface area contributed by atoms with Crippen LogP contribution in [-0.4, -0.2) is 23.0 Å². The number of benzene rings is 1. The first-order valence-electron chi connectivity index (χ1n) is 7.84. The Balaban J connectivity index is 1.65. The van der Waals surface area contributed by atoms with Crippen molar-refractivity contribution in [1.29, 1.82) is 0 Å². The average Bonchev–Trinajstić information content (AvgIpc) is 2.65. The number of nitrogens with one attached hydrogen (secondary N) is 1. The molecule has 122 valence electrons. The Labute approximate surface area is 140 Å². The number of methoxy groups -OCH3 is 1. The molecule has 3 rings (SSSR count). The fraction of sp³-hybridized carbons (Fsp3) is 0.211. The highest BCUT2D eigenvalue weighted by Gasteiger charge is 2.08. The van der Waals surface area contributed by atoms with Gasteiger partial charge in [-0.05, 0) is 35.7 Å². The Kier molecular flexibility index (Phi) is 5.01. The molecular formula is C19H19N3O2. The highest BCUT2D eigenvalue weighted by molar-refractivity contribution is 5.83. The molecule has 3 aromatic rings. The van der Waals surface area contributed by atoms with Crippen LogP contribution in [0.15, 0.2) is 54.9 Å². The Morgan fingerprint density at radius 1 is 1.17 bits per heavy atom. The number of aromatic nitrogens is 2. The van der Waals surface area contributed by atoms with E-state index in [-0.39, 0.29) is 5.91 Å². The van der Waals surface area contributed by atoms with E-state index in [1.54, 1.807) is 19.5 Å². The van der Waals surface area contributed by atoms with Crippen molar-refractivity contribution in [3.05, 3.63) is 66.0 Å². The summed E-state index contributed by atoms with van der Waals surface area (Å²) in [6, 6.07) is 13.6. The van der Waals surface area contributed by atoms with E-state index in [0.717, 1.165) is 22.0 Å². The molecule has 0 saturated carbocycles. The van der Waals surface area contributed by atoms with Crippen molar-refractivity contribution in [2.24, 2.45) is 0 Å². The molecule has 0 aliphatic heterocycles. The normalized spacial score (nSPS) is 10.5. The third-order valence-corrected chi connectivity index (χ3v) is 3.85. The second-order valence-electron chi connectivity index (χ2n) is 5.47. The minimum absolute atomic E-state index is 0.0201. The van der Waals surface area contributed by atoms with Crippen LogP contribution in [0.5, 0.6) is 5.88 Å². The number of fused-ring (bicyclic) bond motifs is 1. The molecule has 0 atom stereocenters. The van der Waals surface area contributed by atoms with Crippen molar-refractivity contribution in [1.82, 2.24) is 15.3 Å². The van der Waals surface area contributed by atoms with E-state index in [4.69, 9.17) is 4.74 Å². The van der Waals surface area contributed by atoms with Gasteiger partial charge in [-0.3, -0.25) is 9.78 Å². The molecule has 0 unspecified atom stereocenters. The molecular weight excluding hydrogens is 302 g/mol. The fourth-order valence-corrected chi connectivity index (χ4v) is 2.56. The van der Waals surface area contributed by atoms with Crippen LogP contribution in [0, 0.1) is 0 Å². The molecule has 0 fully saturated rings. The van der Waals surface area contributed by atoms with Crippen LogP contribution in [0.1, 0.15) is 17.5 Å². The van der Waals surface area contributed by atoms with Gasteiger partial charge < -0.3 is 10.1 Å². The number of amides is 1. The highest BCUT2D eigenvalue weighted by Crippen LogP contribution is 2.21. The number of rotatable bonds is 6. The molecule has 0 aliphatic rings. The summed E-state index contributed by atoms with van der Waals surface area (Å²) < 4.78 is 5.25. The Morgan fingerprint density at radius 3 is 2.75 bits per heavy atom. The van der Waals surface area contributed by atoms with Crippen molar-refractivity contribution in [3.63, 3.8) is 0 Å². The monoisotopic (exact) mass is 321 g/mol. The van der Waals surface area contributed by atoms with Gasteiger partial charge in [-0.25, -0.2) is 4.98 Å². The third kappa shape index (κ3) is 3.87. The van der Waals surface area contributed by atoms with Gasteiger partial charge in [0, 0.05) is 36.8 Å². The summed E-state index contributed by atoms with van der Waals surface area (Å²) >= 11 is 0. The number of carbonyl (C=O) groups is 1. The average molecular weight is 321 g/mol. The van der Waals surface area contributed by atoms with Gasteiger partial charge in [0.15, 0.2) is 0 Å². The molecule has 0 aliphatic carbocycles. The largest absolute Gasteiger partial charge is 0.481 e. The Morgan fingerprint density at radius 2 is 1.96 bits per heavy atom. The van der Waals surface area contributed by atoms with Gasteiger partial charge in [0.1, 0.15) is 0 Å². The SMILES string of the molecule is COc1cc(CNC(=O)CCc2ccncc2)c2ccccc2n1. The molecule has 0 saturated heterocycles. The highest BCUT2D eigenvalue weighted by atomic mass is 16.5. The first kappa shape index (κ1) is 15.9. The number of pyridine rings is 2. The molecule has 0 radical (unpaired) electrons. The summed E-state index contributed by atoms with van der Waals surface area (Å²) in [5.74, 6) is 0.571. The molecule has 0 spiro atoms. The predicted octanol–water partition coefficient (Wildman–Crippen LogP) is 2.89. The van der Waals surface area contributed by atoms with Crippen molar-refractivity contribution >= 4 is 16.8 Å². The maximum Gasteiger partial charge on any atom is 0.220 e. The fourth-order valence-electron chi connectivity index (χ4n) is 2.56. The first-order valence-corrected chi connectivity index (χ1v) is 7.84. The molecule has 2 aromatic heterocycles. The quantitative estimate of drug-likeness (QED) is 0.758. The molecule has 1 N–H and O–H groups in total. The van der Waals surface area contributed by atoms with E-state index < -0.39 is 0 Å². The summed E-state index contributed by atoms with van der Waals surface area (Å²) in [7, 11) is 1.59. The van der Waals surface area contributed by atoms with Gasteiger partial charge in [-0.15, -0.1) is 0 Å². The van der Waals surface area contributed by atoms with E-state index in [0.29, 0.717) is 25.3 Å². The van der Waals surface area contributed by atoms with Crippen molar-refractivity contribution in [2.45, 2.75) is 19.4 Å². The number of nitrogens with zero attached hydrogens (tertiary/aromatic N) is 2. The molecule has 1 aromatic carbocycles. The lowest BCUT2D eigenvalue weighted by atomic mass is 10.1. The van der Waals surface area contributed by atoms with Crippen molar-refractivity contribution in [3.8, 4) is 5.88 Å². The van der Waals surface area contributed by atoms with Crippen LogP contribution in [-0.2, 0) is 17.8 Å². The van der Waals surface area contributed by atoms with Crippen LogP contribution in [0.2, 0.25) is 0 Å². The zero-order valence-corrected chi connectivity index (χ0v) is 13.5. The van der Waals surface area contributed by atoms with Gasteiger partial charge in [0.2, 0.25) is 11.8 Å². The van der Waals surface area contributed by atoms with E-state index >= 15 is 0 Å². The number of aryl methyl sites for hydroxylation is 1. The van der Waals surface area contributed by atoms with Gasteiger partial charge in [0.25, 0.3) is 0 Å². The Hall–Kier alpha value is -2.95. The second kappa shape index (κ2) is 7.55. The molecule has 1 amide bonds. The number of carbonyl (C=O) groups excluding carboxylic acids is 1. The summed E-state index contributed by atoms with van der Waals surface area (Å²) in [6.45, 7) is 0.453. The molecule has 0 bridgehead atoms. The van der Waals surface area contributed by atoms with Crippen LogP contribution in [0.4, 0.5) is 0 Å². The number of hydrogen-bond acceptors (Lipinski definition) is 4. The van der Waals surface area contributed by atoms with Gasteiger partial charge in [0.05, 0.1) is 12.6 Å². The van der Waals surface area contributed by atoms with E-state index in [1.165, 1.54) is 0 Å². The standard InChI is InChI=1S/C19H19N3O2/c1-24-19-12-15(16-4-2-3-5-17(16)22-19)13-21-18(23)7-6-14-8-10-20-11-9-14/h2-5,8-12H,6-7,13H2,1H3,(H,21,23). The van der Waals surface area contributed by atoms with Crippen molar-refractivity contribution < 1.29 is 9.53 Å². The smallest absolute Gasteiger partial charge is 0.220 e.